The average Bonchev–Trinajstić information content (AvgIpc) is 3.17. The molecular weight excluding hydrogens is 393 g/mol. The van der Waals surface area contributed by atoms with Crippen LogP contribution in [-0.2, 0) is 6.54 Å². The summed E-state index contributed by atoms with van der Waals surface area (Å²) in [5, 5.41) is 13.8. The van der Waals surface area contributed by atoms with Crippen LogP contribution >= 0.6 is 0 Å². The Morgan fingerprint density at radius 2 is 1.65 bits per heavy atom. The van der Waals surface area contributed by atoms with E-state index in [1.165, 1.54) is 12.1 Å². The first-order valence-electron chi connectivity index (χ1n) is 9.60. The molecule has 7 nitrogen and oxygen atoms in total. The zero-order valence-corrected chi connectivity index (χ0v) is 16.3. The molecule has 5 rings (SSSR count). The fourth-order valence-electron chi connectivity index (χ4n) is 3.20. The summed E-state index contributed by atoms with van der Waals surface area (Å²) in [4.78, 5) is 12.9. The molecule has 0 amide bonds. The zero-order valence-electron chi connectivity index (χ0n) is 16.3. The highest BCUT2D eigenvalue weighted by molar-refractivity contribution is 5.91. The monoisotopic (exact) mass is 409 g/mol. The van der Waals surface area contributed by atoms with Gasteiger partial charge in [-0.3, -0.25) is 9.67 Å². The summed E-state index contributed by atoms with van der Waals surface area (Å²) < 4.78 is 15.7. The van der Waals surface area contributed by atoms with Gasteiger partial charge in [-0.25, -0.2) is 14.4 Å². The van der Waals surface area contributed by atoms with Crippen molar-refractivity contribution in [3.63, 3.8) is 0 Å². The number of rotatable bonds is 5. The molecule has 0 saturated heterocycles. The quantitative estimate of drug-likeness (QED) is 0.359. The molecule has 0 unspecified atom stereocenters. The Hall–Kier alpha value is -4.33. The molecule has 0 aliphatic rings. The lowest BCUT2D eigenvalue weighted by molar-refractivity contribution is 0.626. The van der Waals surface area contributed by atoms with Crippen molar-refractivity contribution in [3.05, 3.63) is 96.8 Å². The van der Waals surface area contributed by atoms with Gasteiger partial charge in [-0.05, 0) is 42.0 Å². The zero-order chi connectivity index (χ0) is 21.0. The first-order chi connectivity index (χ1) is 15.3. The van der Waals surface area contributed by atoms with E-state index in [1.54, 1.807) is 35.5 Å². The van der Waals surface area contributed by atoms with Crippen LogP contribution in [-0.4, -0.2) is 24.7 Å². The molecule has 0 N–H and O–H groups in total. The van der Waals surface area contributed by atoms with E-state index >= 15 is 0 Å². The second-order valence-electron chi connectivity index (χ2n) is 6.83. The van der Waals surface area contributed by atoms with Crippen molar-refractivity contribution in [1.29, 1.82) is 0 Å². The number of hydrogen-bond acceptors (Lipinski definition) is 6. The van der Waals surface area contributed by atoms with Crippen LogP contribution in [0.3, 0.4) is 0 Å². The third-order valence-corrected chi connectivity index (χ3v) is 4.66. The second-order valence-corrected chi connectivity index (χ2v) is 6.83. The lowest BCUT2D eigenvalue weighted by Gasteiger charge is -2.03. The van der Waals surface area contributed by atoms with Gasteiger partial charge in [0.1, 0.15) is 17.2 Å². The van der Waals surface area contributed by atoms with Crippen molar-refractivity contribution in [3.8, 4) is 11.5 Å². The standard InChI is InChI=1S/C23H16FN7/c24-17-8-9-20-21(11-17)31(15-16-5-4-10-25-12-16)30-22(20)23-26-13-19(14-27-23)29-28-18-6-2-1-3-7-18/h1-14H,15H2. The largest absolute Gasteiger partial charge is 0.264 e. The number of halogens is 1. The van der Waals surface area contributed by atoms with Crippen LogP contribution in [0.15, 0.2) is 95.7 Å². The van der Waals surface area contributed by atoms with Crippen LogP contribution in [0.4, 0.5) is 15.8 Å². The maximum atomic E-state index is 13.9. The summed E-state index contributed by atoms with van der Waals surface area (Å²) in [6.07, 6.45) is 6.64. The third kappa shape index (κ3) is 4.04. The normalized spacial score (nSPS) is 11.4. The summed E-state index contributed by atoms with van der Waals surface area (Å²) in [5.41, 5.74) is 3.47. The van der Waals surface area contributed by atoms with Gasteiger partial charge in [0.25, 0.3) is 0 Å². The fraction of sp³-hybridized carbons (Fsp3) is 0.0435. The smallest absolute Gasteiger partial charge is 0.180 e. The van der Waals surface area contributed by atoms with Crippen LogP contribution in [0, 0.1) is 5.82 Å². The Labute approximate surface area is 177 Å². The molecule has 3 heterocycles. The number of fused-ring (bicyclic) bond motifs is 1. The Morgan fingerprint density at radius 1 is 0.839 bits per heavy atom. The summed E-state index contributed by atoms with van der Waals surface area (Å²) in [6, 6.07) is 17.8. The van der Waals surface area contributed by atoms with Crippen molar-refractivity contribution in [2.75, 3.05) is 0 Å². The molecule has 0 atom stereocenters. The Bertz CT molecular complexity index is 1350. The minimum Gasteiger partial charge on any atom is -0.264 e. The molecule has 5 aromatic rings. The van der Waals surface area contributed by atoms with E-state index in [0.717, 1.165) is 16.6 Å². The van der Waals surface area contributed by atoms with Gasteiger partial charge in [0, 0.05) is 17.8 Å². The fourth-order valence-corrected chi connectivity index (χ4v) is 3.20. The molecule has 8 heteroatoms. The highest BCUT2D eigenvalue weighted by Gasteiger charge is 2.15. The van der Waals surface area contributed by atoms with Crippen molar-refractivity contribution < 1.29 is 4.39 Å². The summed E-state index contributed by atoms with van der Waals surface area (Å²) >= 11 is 0. The predicted octanol–water partition coefficient (Wildman–Crippen LogP) is 5.49. The number of hydrogen-bond donors (Lipinski definition) is 0. The van der Waals surface area contributed by atoms with Gasteiger partial charge in [0.05, 0.1) is 30.1 Å². The number of nitrogens with zero attached hydrogens (tertiary/aromatic N) is 7. The Balaban J connectivity index is 1.49. The highest BCUT2D eigenvalue weighted by atomic mass is 19.1. The highest BCUT2D eigenvalue weighted by Crippen LogP contribution is 2.27. The molecule has 0 aliphatic heterocycles. The van der Waals surface area contributed by atoms with Gasteiger partial charge < -0.3 is 0 Å². The SMILES string of the molecule is Fc1ccc2c(-c3ncc(N=Nc4ccccc4)cn3)nn(Cc3cccnc3)c2c1. The molecule has 31 heavy (non-hydrogen) atoms. The van der Waals surface area contributed by atoms with Crippen molar-refractivity contribution in [2.45, 2.75) is 6.54 Å². The van der Waals surface area contributed by atoms with E-state index in [2.05, 4.69) is 30.3 Å². The van der Waals surface area contributed by atoms with Crippen LogP contribution in [0.5, 0.6) is 0 Å². The van der Waals surface area contributed by atoms with Crippen LogP contribution in [0.25, 0.3) is 22.4 Å². The van der Waals surface area contributed by atoms with Gasteiger partial charge in [-0.15, -0.1) is 5.11 Å². The molecule has 0 bridgehead atoms. The molecular formula is C23H16FN7. The minimum absolute atomic E-state index is 0.330. The van der Waals surface area contributed by atoms with Crippen molar-refractivity contribution >= 4 is 22.3 Å². The molecule has 0 spiro atoms. The van der Waals surface area contributed by atoms with Crippen molar-refractivity contribution in [2.24, 2.45) is 10.2 Å². The first-order valence-corrected chi connectivity index (χ1v) is 9.60. The predicted molar refractivity (Wildman–Crippen MR) is 115 cm³/mol. The maximum Gasteiger partial charge on any atom is 0.180 e. The maximum absolute atomic E-state index is 13.9. The first kappa shape index (κ1) is 18.7. The van der Waals surface area contributed by atoms with Crippen LogP contribution < -0.4 is 0 Å². The van der Waals surface area contributed by atoms with E-state index < -0.39 is 0 Å². The Morgan fingerprint density at radius 3 is 2.42 bits per heavy atom. The van der Waals surface area contributed by atoms with Gasteiger partial charge >= 0.3 is 0 Å². The number of pyridine rings is 1. The van der Waals surface area contributed by atoms with Crippen molar-refractivity contribution in [1.82, 2.24) is 24.7 Å². The molecule has 0 fully saturated rings. The lowest BCUT2D eigenvalue weighted by atomic mass is 10.2. The van der Waals surface area contributed by atoms with E-state index in [4.69, 9.17) is 0 Å². The average molecular weight is 409 g/mol. The summed E-state index contributed by atoms with van der Waals surface area (Å²) in [6.45, 7) is 0.456. The molecule has 3 aromatic heterocycles. The second kappa shape index (κ2) is 8.19. The van der Waals surface area contributed by atoms with E-state index in [9.17, 15) is 4.39 Å². The molecule has 0 saturated carbocycles. The van der Waals surface area contributed by atoms with E-state index in [1.807, 2.05) is 42.5 Å². The van der Waals surface area contributed by atoms with E-state index in [0.29, 0.717) is 29.3 Å². The van der Waals surface area contributed by atoms with Crippen LogP contribution in [0.2, 0.25) is 0 Å². The topological polar surface area (TPSA) is 81.2 Å². The Kier molecular flexibility index (Phi) is 4.94. The number of aromatic nitrogens is 5. The van der Waals surface area contributed by atoms with Gasteiger partial charge in [-0.2, -0.15) is 10.2 Å². The van der Waals surface area contributed by atoms with Gasteiger partial charge in [0.15, 0.2) is 5.82 Å². The summed E-state index contributed by atoms with van der Waals surface area (Å²) in [5.74, 6) is 0.101. The third-order valence-electron chi connectivity index (χ3n) is 4.66. The molecule has 2 aromatic carbocycles. The minimum atomic E-state index is -0.330. The molecule has 0 radical (unpaired) electrons. The molecule has 150 valence electrons. The van der Waals surface area contributed by atoms with Gasteiger partial charge in [-0.1, -0.05) is 24.3 Å². The van der Waals surface area contributed by atoms with Gasteiger partial charge in [0.2, 0.25) is 0 Å². The molecule has 0 aliphatic carbocycles. The van der Waals surface area contributed by atoms with E-state index in [-0.39, 0.29) is 5.82 Å². The van der Waals surface area contributed by atoms with Crippen LogP contribution in [0.1, 0.15) is 5.56 Å². The number of azo groups is 1. The lowest BCUT2D eigenvalue weighted by Crippen LogP contribution is -2.02. The number of benzene rings is 2. The summed E-state index contributed by atoms with van der Waals surface area (Å²) in [7, 11) is 0.